The molecule has 2 heterocycles. The highest BCUT2D eigenvalue weighted by molar-refractivity contribution is 8.02. The molecule has 0 aromatic carbocycles. The van der Waals surface area contributed by atoms with Crippen LogP contribution >= 0.6 is 11.8 Å². The van der Waals surface area contributed by atoms with Crippen molar-refractivity contribution in [2.45, 2.75) is 5.16 Å². The number of hydrogen-bond donors (Lipinski definition) is 1. The van der Waals surface area contributed by atoms with E-state index in [0.717, 1.165) is 11.8 Å². The Morgan fingerprint density at radius 3 is 2.88 bits per heavy atom. The monoisotopic (exact) mass is 252 g/mol. The number of aryl methyl sites for hydroxylation is 1. The van der Waals surface area contributed by atoms with Gasteiger partial charge in [0.25, 0.3) is 0 Å². The highest BCUT2D eigenvalue weighted by atomic mass is 32.2. The summed E-state index contributed by atoms with van der Waals surface area (Å²) < 4.78 is 6.32. The van der Waals surface area contributed by atoms with Crippen molar-refractivity contribution in [3.63, 3.8) is 0 Å². The molecule has 88 valence electrons. The lowest BCUT2D eigenvalue weighted by molar-refractivity contribution is 0.397. The van der Waals surface area contributed by atoms with Crippen molar-refractivity contribution >= 4 is 28.7 Å². The molecule has 0 fully saturated rings. The SMILES string of the molecule is COc1nc(SC=C=O)nc2c(O)n(C)nc12. The van der Waals surface area contributed by atoms with Gasteiger partial charge >= 0.3 is 0 Å². The van der Waals surface area contributed by atoms with Gasteiger partial charge in [-0.1, -0.05) is 0 Å². The first-order valence-corrected chi connectivity index (χ1v) is 5.39. The molecule has 0 aliphatic heterocycles. The topological polar surface area (TPSA) is 90.1 Å². The van der Waals surface area contributed by atoms with Crippen LogP contribution in [-0.4, -0.2) is 37.9 Å². The summed E-state index contributed by atoms with van der Waals surface area (Å²) in [4.78, 5) is 18.2. The Hall–Kier alpha value is -2.05. The zero-order valence-corrected chi connectivity index (χ0v) is 9.85. The summed E-state index contributed by atoms with van der Waals surface area (Å²) in [7, 11) is 3.02. The fraction of sp³-hybridized carbons (Fsp3) is 0.222. The number of aromatic nitrogens is 4. The fourth-order valence-corrected chi connectivity index (χ4v) is 1.72. The van der Waals surface area contributed by atoms with E-state index in [2.05, 4.69) is 15.1 Å². The number of rotatable bonds is 3. The number of hydrogen-bond acceptors (Lipinski definition) is 7. The molecule has 0 aliphatic rings. The van der Waals surface area contributed by atoms with Crippen molar-refractivity contribution in [1.82, 2.24) is 19.7 Å². The maximum Gasteiger partial charge on any atom is 0.246 e. The van der Waals surface area contributed by atoms with Crippen molar-refractivity contribution < 1.29 is 14.6 Å². The molecule has 0 atom stereocenters. The van der Waals surface area contributed by atoms with E-state index < -0.39 is 0 Å². The number of carbonyl (C=O) groups excluding carboxylic acids is 1. The van der Waals surface area contributed by atoms with Crippen LogP contribution in [0.5, 0.6) is 11.8 Å². The van der Waals surface area contributed by atoms with Crippen LogP contribution < -0.4 is 4.74 Å². The van der Waals surface area contributed by atoms with Gasteiger partial charge in [-0.2, -0.15) is 10.1 Å². The third-order valence-electron chi connectivity index (χ3n) is 2.01. The number of ether oxygens (including phenoxy) is 1. The molecule has 7 nitrogen and oxygen atoms in total. The van der Waals surface area contributed by atoms with E-state index in [1.165, 1.54) is 17.2 Å². The predicted octanol–water partition coefficient (Wildman–Crippen LogP) is 0.515. The van der Waals surface area contributed by atoms with Gasteiger partial charge in [-0.25, -0.2) is 14.5 Å². The number of thioether (sulfide) groups is 1. The number of aromatic hydroxyl groups is 1. The summed E-state index contributed by atoms with van der Waals surface area (Å²) in [5.74, 6) is 1.76. The van der Waals surface area contributed by atoms with Gasteiger partial charge < -0.3 is 9.84 Å². The molecule has 0 radical (unpaired) electrons. The second-order valence-corrected chi connectivity index (χ2v) is 3.85. The maximum absolute atomic E-state index is 10.1. The van der Waals surface area contributed by atoms with Gasteiger partial charge in [-0.05, 0) is 11.8 Å². The molecule has 2 aromatic rings. The minimum atomic E-state index is -0.0855. The van der Waals surface area contributed by atoms with Crippen molar-refractivity contribution in [2.24, 2.45) is 7.05 Å². The molecular weight excluding hydrogens is 244 g/mol. The second kappa shape index (κ2) is 4.44. The van der Waals surface area contributed by atoms with Crippen LogP contribution in [0.2, 0.25) is 0 Å². The largest absolute Gasteiger partial charge is 0.492 e. The van der Waals surface area contributed by atoms with Gasteiger partial charge in [-0.15, -0.1) is 0 Å². The van der Waals surface area contributed by atoms with E-state index in [9.17, 15) is 9.90 Å². The molecule has 2 rings (SSSR count). The Bertz CT molecular complexity index is 618. The number of fused-ring (bicyclic) bond motifs is 1. The lowest BCUT2D eigenvalue weighted by atomic mass is 10.4. The van der Waals surface area contributed by atoms with E-state index in [-0.39, 0.29) is 22.4 Å². The Balaban J connectivity index is 2.66. The predicted molar refractivity (Wildman–Crippen MR) is 60.6 cm³/mol. The molecule has 0 bridgehead atoms. The third-order valence-corrected chi connectivity index (χ3v) is 2.61. The van der Waals surface area contributed by atoms with Crippen LogP contribution in [0.3, 0.4) is 0 Å². The lowest BCUT2D eigenvalue weighted by Crippen LogP contribution is -1.93. The first kappa shape index (κ1) is 11.4. The molecule has 0 saturated carbocycles. The summed E-state index contributed by atoms with van der Waals surface area (Å²) >= 11 is 0.984. The number of methoxy groups -OCH3 is 1. The van der Waals surface area contributed by atoms with Crippen molar-refractivity contribution in [2.75, 3.05) is 7.11 Å². The Morgan fingerprint density at radius 2 is 2.24 bits per heavy atom. The maximum atomic E-state index is 10.1. The third kappa shape index (κ3) is 1.95. The fourth-order valence-electron chi connectivity index (χ4n) is 1.28. The van der Waals surface area contributed by atoms with Gasteiger partial charge in [0.05, 0.1) is 12.5 Å². The summed E-state index contributed by atoms with van der Waals surface area (Å²) in [6.45, 7) is 0. The quantitative estimate of drug-likeness (QED) is 0.483. The van der Waals surface area contributed by atoms with Crippen LogP contribution in [0.15, 0.2) is 10.6 Å². The number of nitrogens with zero attached hydrogens (tertiary/aromatic N) is 4. The summed E-state index contributed by atoms with van der Waals surface area (Å²) in [5.41, 5.74) is 0.646. The van der Waals surface area contributed by atoms with Gasteiger partial charge in [0.15, 0.2) is 16.2 Å². The molecule has 0 unspecified atom stereocenters. The van der Waals surface area contributed by atoms with E-state index in [1.807, 2.05) is 0 Å². The molecule has 0 saturated heterocycles. The second-order valence-electron chi connectivity index (χ2n) is 3.01. The van der Waals surface area contributed by atoms with E-state index in [0.29, 0.717) is 5.52 Å². The Labute approximate surface area is 100 Å². The van der Waals surface area contributed by atoms with Gasteiger partial charge in [0.1, 0.15) is 5.94 Å². The zero-order chi connectivity index (χ0) is 12.4. The summed E-state index contributed by atoms with van der Waals surface area (Å²) in [6.07, 6.45) is 0. The average Bonchev–Trinajstić information content (AvgIpc) is 2.62. The molecular formula is C9H8N4O3S. The van der Waals surface area contributed by atoms with Gasteiger partial charge in [0.2, 0.25) is 11.8 Å². The summed E-state index contributed by atoms with van der Waals surface area (Å²) in [6, 6.07) is 0. The van der Waals surface area contributed by atoms with Crippen LogP contribution in [0.25, 0.3) is 11.0 Å². The Kier molecular flexibility index (Phi) is 2.99. The van der Waals surface area contributed by atoms with E-state index in [1.54, 1.807) is 13.0 Å². The minimum absolute atomic E-state index is 0.0855. The molecule has 0 amide bonds. The Morgan fingerprint density at radius 1 is 1.47 bits per heavy atom. The first-order valence-electron chi connectivity index (χ1n) is 4.51. The molecule has 0 spiro atoms. The smallest absolute Gasteiger partial charge is 0.246 e. The minimum Gasteiger partial charge on any atom is -0.492 e. The highest BCUT2D eigenvalue weighted by Gasteiger charge is 2.16. The highest BCUT2D eigenvalue weighted by Crippen LogP contribution is 2.30. The van der Waals surface area contributed by atoms with Crippen molar-refractivity contribution in [3.8, 4) is 11.8 Å². The molecule has 0 aliphatic carbocycles. The van der Waals surface area contributed by atoms with Gasteiger partial charge in [0, 0.05) is 7.05 Å². The lowest BCUT2D eigenvalue weighted by Gasteiger charge is -2.00. The van der Waals surface area contributed by atoms with Crippen molar-refractivity contribution in [1.29, 1.82) is 0 Å². The van der Waals surface area contributed by atoms with E-state index >= 15 is 0 Å². The van der Waals surface area contributed by atoms with Crippen molar-refractivity contribution in [3.05, 3.63) is 5.41 Å². The van der Waals surface area contributed by atoms with Crippen LogP contribution in [0, 0.1) is 0 Å². The van der Waals surface area contributed by atoms with Crippen LogP contribution in [-0.2, 0) is 11.8 Å². The normalized spacial score (nSPS) is 10.2. The standard InChI is InChI=1S/C9H8N4O3S/c1-13-8(15)6-5(12-13)7(16-2)11-9(10-6)17-4-3-14/h4,15H,1-2H3. The molecule has 2 aromatic heterocycles. The zero-order valence-electron chi connectivity index (χ0n) is 9.04. The first-order chi connectivity index (χ1) is 8.17. The van der Waals surface area contributed by atoms with Crippen LogP contribution in [0.1, 0.15) is 0 Å². The van der Waals surface area contributed by atoms with Crippen LogP contribution in [0.4, 0.5) is 0 Å². The van der Waals surface area contributed by atoms with Gasteiger partial charge in [-0.3, -0.25) is 0 Å². The van der Waals surface area contributed by atoms with E-state index in [4.69, 9.17) is 4.74 Å². The summed E-state index contributed by atoms with van der Waals surface area (Å²) in [5, 5.41) is 15.2. The molecule has 8 heteroatoms. The molecule has 1 N–H and O–H groups in total. The molecule has 17 heavy (non-hydrogen) atoms. The average molecular weight is 252 g/mol.